The topological polar surface area (TPSA) is 85.3 Å². The number of nitrogen functional groups attached to an aromatic ring is 1. The quantitative estimate of drug-likeness (QED) is 0.685. The minimum atomic E-state index is -0.593. The van der Waals surface area contributed by atoms with Gasteiger partial charge in [0.05, 0.1) is 4.92 Å². The molecular formula is C13H13FN4O2. The first-order chi connectivity index (χ1) is 9.52. The van der Waals surface area contributed by atoms with Gasteiger partial charge in [-0.25, -0.2) is 9.37 Å². The number of pyridine rings is 1. The van der Waals surface area contributed by atoms with Gasteiger partial charge in [0.1, 0.15) is 11.6 Å². The van der Waals surface area contributed by atoms with E-state index in [0.717, 1.165) is 0 Å². The van der Waals surface area contributed by atoms with Crippen LogP contribution in [0.25, 0.3) is 0 Å². The summed E-state index contributed by atoms with van der Waals surface area (Å²) in [5.41, 5.74) is 5.93. The fourth-order valence-electron chi connectivity index (χ4n) is 1.88. The van der Waals surface area contributed by atoms with Crippen LogP contribution in [0.1, 0.15) is 6.92 Å². The highest BCUT2D eigenvalue weighted by Crippen LogP contribution is 2.28. The molecule has 2 N–H and O–H groups in total. The average Bonchev–Trinajstić information content (AvgIpc) is 2.39. The van der Waals surface area contributed by atoms with Gasteiger partial charge >= 0.3 is 5.69 Å². The molecule has 0 spiro atoms. The van der Waals surface area contributed by atoms with Crippen molar-refractivity contribution < 1.29 is 9.31 Å². The number of anilines is 3. The number of nitrogens with two attached hydrogens (primary N) is 1. The molecule has 1 heterocycles. The summed E-state index contributed by atoms with van der Waals surface area (Å²) >= 11 is 0. The molecule has 0 amide bonds. The van der Waals surface area contributed by atoms with Gasteiger partial charge < -0.3 is 10.6 Å². The van der Waals surface area contributed by atoms with Crippen molar-refractivity contribution in [3.63, 3.8) is 0 Å². The van der Waals surface area contributed by atoms with Gasteiger partial charge in [-0.1, -0.05) is 6.07 Å². The number of halogens is 1. The molecule has 0 saturated carbocycles. The van der Waals surface area contributed by atoms with Gasteiger partial charge in [0.25, 0.3) is 0 Å². The van der Waals surface area contributed by atoms with Gasteiger partial charge in [-0.05, 0) is 31.2 Å². The smallest absolute Gasteiger partial charge is 0.311 e. The maximum Gasteiger partial charge on any atom is 0.311 e. The molecule has 1 aromatic carbocycles. The average molecular weight is 276 g/mol. The molecule has 1 aromatic heterocycles. The first-order valence-electron chi connectivity index (χ1n) is 5.97. The van der Waals surface area contributed by atoms with Crippen LogP contribution in [-0.4, -0.2) is 16.5 Å². The van der Waals surface area contributed by atoms with E-state index in [4.69, 9.17) is 5.73 Å². The monoisotopic (exact) mass is 276 g/mol. The van der Waals surface area contributed by atoms with Crippen LogP contribution >= 0.6 is 0 Å². The maximum atomic E-state index is 13.3. The van der Waals surface area contributed by atoms with Crippen molar-refractivity contribution in [3.05, 3.63) is 52.3 Å². The summed E-state index contributed by atoms with van der Waals surface area (Å²) in [6, 6.07) is 8.80. The molecule has 0 saturated heterocycles. The van der Waals surface area contributed by atoms with Crippen LogP contribution in [0.4, 0.5) is 27.4 Å². The number of nitro groups is 1. The molecule has 2 aromatic rings. The highest BCUT2D eigenvalue weighted by Gasteiger charge is 2.16. The predicted molar refractivity (Wildman–Crippen MR) is 74.4 cm³/mol. The standard InChI is InChI=1S/C13H13FN4O2/c1-2-17(10-5-3-4-9(14)8-10)12-7-6-11(18(19)20)13(15)16-12/h3-8H,2H2,1H3,(H2,15,16). The van der Waals surface area contributed by atoms with E-state index in [1.165, 1.54) is 24.3 Å². The summed E-state index contributed by atoms with van der Waals surface area (Å²) < 4.78 is 13.3. The van der Waals surface area contributed by atoms with Crippen LogP contribution < -0.4 is 10.6 Å². The summed E-state index contributed by atoms with van der Waals surface area (Å²) in [6.07, 6.45) is 0. The van der Waals surface area contributed by atoms with Crippen LogP contribution in [0.5, 0.6) is 0 Å². The maximum absolute atomic E-state index is 13.3. The molecule has 0 atom stereocenters. The summed E-state index contributed by atoms with van der Waals surface area (Å²) in [5.74, 6) is -0.0978. The van der Waals surface area contributed by atoms with E-state index >= 15 is 0 Å². The molecule has 0 aliphatic carbocycles. The zero-order valence-electron chi connectivity index (χ0n) is 10.8. The largest absolute Gasteiger partial charge is 0.378 e. The zero-order chi connectivity index (χ0) is 14.7. The highest BCUT2D eigenvalue weighted by molar-refractivity contribution is 5.64. The summed E-state index contributed by atoms with van der Waals surface area (Å²) in [7, 11) is 0. The summed E-state index contributed by atoms with van der Waals surface area (Å²) in [5, 5.41) is 10.7. The molecule has 0 radical (unpaired) electrons. The Hall–Kier alpha value is -2.70. The molecular weight excluding hydrogens is 263 g/mol. The number of benzene rings is 1. The van der Waals surface area contributed by atoms with E-state index in [1.807, 2.05) is 6.92 Å². The van der Waals surface area contributed by atoms with E-state index < -0.39 is 4.92 Å². The van der Waals surface area contributed by atoms with Crippen LogP contribution in [0.15, 0.2) is 36.4 Å². The molecule has 104 valence electrons. The SMILES string of the molecule is CCN(c1cccc(F)c1)c1ccc([N+](=O)[O-])c(N)n1. The van der Waals surface area contributed by atoms with Crippen molar-refractivity contribution >= 4 is 23.0 Å². The Bertz CT molecular complexity index is 648. The lowest BCUT2D eigenvalue weighted by molar-refractivity contribution is -0.384. The third kappa shape index (κ3) is 2.66. The van der Waals surface area contributed by atoms with Crippen molar-refractivity contribution in [1.82, 2.24) is 4.98 Å². The van der Waals surface area contributed by atoms with E-state index in [-0.39, 0.29) is 17.3 Å². The molecule has 7 heteroatoms. The first-order valence-corrected chi connectivity index (χ1v) is 5.97. The van der Waals surface area contributed by atoms with Gasteiger partial charge in [-0.2, -0.15) is 0 Å². The van der Waals surface area contributed by atoms with E-state index in [9.17, 15) is 14.5 Å². The predicted octanol–water partition coefficient (Wildman–Crippen LogP) is 2.87. The Labute approximate surface area is 114 Å². The van der Waals surface area contributed by atoms with E-state index in [0.29, 0.717) is 18.1 Å². The Morgan fingerprint density at radius 2 is 2.15 bits per heavy atom. The Balaban J connectivity index is 2.42. The number of hydrogen-bond donors (Lipinski definition) is 1. The molecule has 2 rings (SSSR count). The molecule has 6 nitrogen and oxygen atoms in total. The number of aromatic nitrogens is 1. The number of hydrogen-bond acceptors (Lipinski definition) is 5. The second-order valence-electron chi connectivity index (χ2n) is 4.06. The van der Waals surface area contributed by atoms with Gasteiger partial charge in [0, 0.05) is 18.3 Å². The van der Waals surface area contributed by atoms with Crippen LogP contribution in [0.2, 0.25) is 0 Å². The lowest BCUT2D eigenvalue weighted by Gasteiger charge is -2.22. The number of rotatable bonds is 4. The molecule has 0 unspecified atom stereocenters. The minimum Gasteiger partial charge on any atom is -0.378 e. The van der Waals surface area contributed by atoms with Crippen LogP contribution in [0, 0.1) is 15.9 Å². The third-order valence-electron chi connectivity index (χ3n) is 2.80. The second-order valence-corrected chi connectivity index (χ2v) is 4.06. The van der Waals surface area contributed by atoms with Gasteiger partial charge in [0.15, 0.2) is 0 Å². The van der Waals surface area contributed by atoms with Crippen LogP contribution in [0.3, 0.4) is 0 Å². The molecule has 0 aliphatic rings. The molecule has 20 heavy (non-hydrogen) atoms. The fraction of sp³-hybridized carbons (Fsp3) is 0.154. The summed E-state index contributed by atoms with van der Waals surface area (Å²) in [6.45, 7) is 2.39. The third-order valence-corrected chi connectivity index (χ3v) is 2.80. The fourth-order valence-corrected chi connectivity index (χ4v) is 1.88. The van der Waals surface area contributed by atoms with E-state index in [1.54, 1.807) is 17.0 Å². The van der Waals surface area contributed by atoms with Crippen molar-refractivity contribution in [2.45, 2.75) is 6.92 Å². The Kier molecular flexibility index (Phi) is 3.79. The first kappa shape index (κ1) is 13.7. The second kappa shape index (κ2) is 5.52. The van der Waals surface area contributed by atoms with Gasteiger partial charge in [-0.15, -0.1) is 0 Å². The molecule has 0 aliphatic heterocycles. The van der Waals surface area contributed by atoms with Crippen LogP contribution in [-0.2, 0) is 0 Å². The van der Waals surface area contributed by atoms with Gasteiger partial charge in [-0.3, -0.25) is 10.1 Å². The normalized spacial score (nSPS) is 10.3. The molecule has 0 bridgehead atoms. The van der Waals surface area contributed by atoms with Gasteiger partial charge in [0.2, 0.25) is 5.82 Å². The molecule has 0 fully saturated rings. The summed E-state index contributed by atoms with van der Waals surface area (Å²) in [4.78, 5) is 15.8. The number of nitrogens with zero attached hydrogens (tertiary/aromatic N) is 3. The highest BCUT2D eigenvalue weighted by atomic mass is 19.1. The van der Waals surface area contributed by atoms with Crippen molar-refractivity contribution in [2.75, 3.05) is 17.2 Å². The zero-order valence-corrected chi connectivity index (χ0v) is 10.8. The van der Waals surface area contributed by atoms with E-state index in [2.05, 4.69) is 4.98 Å². The van der Waals surface area contributed by atoms with Crippen molar-refractivity contribution in [1.29, 1.82) is 0 Å². The lowest BCUT2D eigenvalue weighted by atomic mass is 10.2. The Morgan fingerprint density at radius 1 is 1.40 bits per heavy atom. The Morgan fingerprint density at radius 3 is 2.70 bits per heavy atom. The van der Waals surface area contributed by atoms with Crippen molar-refractivity contribution in [2.24, 2.45) is 0 Å². The lowest BCUT2D eigenvalue weighted by Crippen LogP contribution is -2.18. The minimum absolute atomic E-state index is 0.164. The van der Waals surface area contributed by atoms with Crippen molar-refractivity contribution in [3.8, 4) is 0 Å².